The lowest BCUT2D eigenvalue weighted by atomic mass is 10.0. The molecule has 1 aromatic rings. The van der Waals surface area contributed by atoms with Crippen LogP contribution in [-0.4, -0.2) is 41.9 Å². The molecule has 0 N–H and O–H groups in total. The summed E-state index contributed by atoms with van der Waals surface area (Å²) >= 11 is 7.44. The fourth-order valence-electron chi connectivity index (χ4n) is 2.45. The maximum absolute atomic E-state index is 12.2. The summed E-state index contributed by atoms with van der Waals surface area (Å²) in [5.41, 5.74) is 0. The van der Waals surface area contributed by atoms with Crippen LogP contribution < -0.4 is 0 Å². The minimum absolute atomic E-state index is 0.193. The fraction of sp³-hybridized carbons (Fsp3) is 0.643. The fourth-order valence-corrected chi connectivity index (χ4v) is 3.59. The summed E-state index contributed by atoms with van der Waals surface area (Å²) in [7, 11) is 1.87. The molecule has 1 saturated heterocycles. The predicted octanol–water partition coefficient (Wildman–Crippen LogP) is 3.23. The number of piperidine rings is 1. The standard InChI is InChI=1S/C14H21ClN2OS/c1-11-5-3-4-8-17(11)10-14(18)16(2)9-12-6-7-13(15)19-12/h6-7,11H,3-5,8-10H2,1-2H3. The van der Waals surface area contributed by atoms with Gasteiger partial charge in [0.15, 0.2) is 0 Å². The van der Waals surface area contributed by atoms with Gasteiger partial charge < -0.3 is 4.90 Å². The molecule has 19 heavy (non-hydrogen) atoms. The highest BCUT2D eigenvalue weighted by Gasteiger charge is 2.22. The van der Waals surface area contributed by atoms with Crippen LogP contribution in [-0.2, 0) is 11.3 Å². The van der Waals surface area contributed by atoms with Crippen LogP contribution in [0.1, 0.15) is 31.1 Å². The Morgan fingerprint density at radius 1 is 1.53 bits per heavy atom. The molecule has 1 unspecified atom stereocenters. The molecule has 0 radical (unpaired) electrons. The Kier molecular flexibility index (Phi) is 5.25. The van der Waals surface area contributed by atoms with Crippen LogP contribution in [0.15, 0.2) is 12.1 Å². The molecular weight excluding hydrogens is 280 g/mol. The second-order valence-corrected chi connectivity index (χ2v) is 7.07. The number of likely N-dealkylation sites (tertiary alicyclic amines) is 1. The molecule has 2 rings (SSSR count). The molecule has 2 heterocycles. The van der Waals surface area contributed by atoms with Gasteiger partial charge in [0.05, 0.1) is 17.4 Å². The SMILES string of the molecule is CC1CCCCN1CC(=O)N(C)Cc1ccc(Cl)s1. The average Bonchev–Trinajstić information content (AvgIpc) is 2.77. The van der Waals surface area contributed by atoms with E-state index in [1.807, 2.05) is 19.2 Å². The third-order valence-corrected chi connectivity index (χ3v) is 4.94. The van der Waals surface area contributed by atoms with Gasteiger partial charge >= 0.3 is 0 Å². The lowest BCUT2D eigenvalue weighted by Crippen LogP contribution is -2.44. The van der Waals surface area contributed by atoms with Gasteiger partial charge in [-0.25, -0.2) is 0 Å². The van der Waals surface area contributed by atoms with Crippen LogP contribution in [0.4, 0.5) is 0 Å². The van der Waals surface area contributed by atoms with Gasteiger partial charge in [-0.05, 0) is 38.4 Å². The number of hydrogen-bond donors (Lipinski definition) is 0. The zero-order valence-corrected chi connectivity index (χ0v) is 13.1. The van der Waals surface area contributed by atoms with Crippen molar-refractivity contribution in [3.63, 3.8) is 0 Å². The van der Waals surface area contributed by atoms with E-state index in [4.69, 9.17) is 11.6 Å². The van der Waals surface area contributed by atoms with E-state index in [2.05, 4.69) is 11.8 Å². The van der Waals surface area contributed by atoms with Crippen LogP contribution in [0.25, 0.3) is 0 Å². The maximum Gasteiger partial charge on any atom is 0.236 e. The van der Waals surface area contributed by atoms with Crippen molar-refractivity contribution in [3.05, 3.63) is 21.3 Å². The smallest absolute Gasteiger partial charge is 0.236 e. The number of hydrogen-bond acceptors (Lipinski definition) is 3. The van der Waals surface area contributed by atoms with E-state index in [1.165, 1.54) is 30.6 Å². The summed E-state index contributed by atoms with van der Waals surface area (Å²) in [5, 5.41) is 0. The second kappa shape index (κ2) is 6.73. The van der Waals surface area contributed by atoms with Gasteiger partial charge in [-0.1, -0.05) is 18.0 Å². The van der Waals surface area contributed by atoms with Crippen molar-refractivity contribution in [2.75, 3.05) is 20.1 Å². The van der Waals surface area contributed by atoms with Crippen molar-refractivity contribution in [1.29, 1.82) is 0 Å². The van der Waals surface area contributed by atoms with Crippen molar-refractivity contribution >= 4 is 28.8 Å². The first-order chi connectivity index (χ1) is 9.06. The number of rotatable bonds is 4. The molecule has 0 aromatic carbocycles. The quantitative estimate of drug-likeness (QED) is 0.852. The van der Waals surface area contributed by atoms with Gasteiger partial charge in [-0.3, -0.25) is 9.69 Å². The summed E-state index contributed by atoms with van der Waals surface area (Å²) in [6.45, 7) is 4.45. The Hall–Kier alpha value is -0.580. The molecule has 1 aliphatic heterocycles. The van der Waals surface area contributed by atoms with Crippen molar-refractivity contribution < 1.29 is 4.79 Å². The van der Waals surface area contributed by atoms with Crippen LogP contribution in [0, 0.1) is 0 Å². The monoisotopic (exact) mass is 300 g/mol. The summed E-state index contributed by atoms with van der Waals surface area (Å²) < 4.78 is 0.778. The lowest BCUT2D eigenvalue weighted by molar-refractivity contribution is -0.132. The summed E-state index contributed by atoms with van der Waals surface area (Å²) in [6.07, 6.45) is 3.70. The maximum atomic E-state index is 12.2. The van der Waals surface area contributed by atoms with Gasteiger partial charge in [0.2, 0.25) is 5.91 Å². The summed E-state index contributed by atoms with van der Waals surface area (Å²) in [6, 6.07) is 4.40. The molecule has 3 nitrogen and oxygen atoms in total. The van der Waals surface area contributed by atoms with E-state index in [-0.39, 0.29) is 5.91 Å². The first kappa shape index (κ1) is 14.8. The molecule has 5 heteroatoms. The highest BCUT2D eigenvalue weighted by Crippen LogP contribution is 2.22. The number of halogens is 1. The van der Waals surface area contributed by atoms with Gasteiger partial charge in [-0.15, -0.1) is 11.3 Å². The van der Waals surface area contributed by atoms with Crippen molar-refractivity contribution in [3.8, 4) is 0 Å². The minimum atomic E-state index is 0.193. The van der Waals surface area contributed by atoms with E-state index in [9.17, 15) is 4.79 Å². The molecule has 106 valence electrons. The zero-order chi connectivity index (χ0) is 13.8. The molecular formula is C14H21ClN2OS. The number of nitrogens with zero attached hydrogens (tertiary/aromatic N) is 2. The molecule has 0 aliphatic carbocycles. The zero-order valence-electron chi connectivity index (χ0n) is 11.6. The Morgan fingerprint density at radius 2 is 2.32 bits per heavy atom. The van der Waals surface area contributed by atoms with Gasteiger partial charge in [0, 0.05) is 18.0 Å². The van der Waals surface area contributed by atoms with Crippen LogP contribution in [0.2, 0.25) is 4.34 Å². The first-order valence-electron chi connectivity index (χ1n) is 6.78. The Bertz CT molecular complexity index is 435. The van der Waals surface area contributed by atoms with Crippen LogP contribution in [0.5, 0.6) is 0 Å². The summed E-state index contributed by atoms with van der Waals surface area (Å²) in [5.74, 6) is 0.193. The Labute approximate surface area is 124 Å². The molecule has 1 atom stereocenters. The highest BCUT2D eigenvalue weighted by atomic mass is 35.5. The number of likely N-dealkylation sites (N-methyl/N-ethyl adjacent to an activating group) is 1. The molecule has 1 amide bonds. The molecule has 1 aliphatic rings. The minimum Gasteiger partial charge on any atom is -0.340 e. The van der Waals surface area contributed by atoms with Gasteiger partial charge in [0.1, 0.15) is 0 Å². The van der Waals surface area contributed by atoms with E-state index in [0.717, 1.165) is 15.8 Å². The molecule has 1 aromatic heterocycles. The predicted molar refractivity (Wildman–Crippen MR) is 80.7 cm³/mol. The number of thiophene rings is 1. The Balaban J connectivity index is 1.85. The van der Waals surface area contributed by atoms with Crippen LogP contribution in [0.3, 0.4) is 0 Å². The third-order valence-electron chi connectivity index (χ3n) is 3.73. The molecule has 1 fully saturated rings. The van der Waals surface area contributed by atoms with Crippen molar-refractivity contribution in [2.45, 2.75) is 38.8 Å². The number of amides is 1. The highest BCUT2D eigenvalue weighted by molar-refractivity contribution is 7.16. The second-order valence-electron chi connectivity index (χ2n) is 5.27. The van der Waals surface area contributed by atoms with Gasteiger partial charge in [-0.2, -0.15) is 0 Å². The molecule has 0 spiro atoms. The van der Waals surface area contributed by atoms with Crippen molar-refractivity contribution in [2.24, 2.45) is 0 Å². The average molecular weight is 301 g/mol. The van der Waals surface area contributed by atoms with E-state index < -0.39 is 0 Å². The lowest BCUT2D eigenvalue weighted by Gasteiger charge is -2.33. The number of carbonyl (C=O) groups is 1. The van der Waals surface area contributed by atoms with Crippen LogP contribution >= 0.6 is 22.9 Å². The third kappa shape index (κ3) is 4.20. The topological polar surface area (TPSA) is 23.6 Å². The van der Waals surface area contributed by atoms with E-state index in [1.54, 1.807) is 4.90 Å². The number of carbonyl (C=O) groups excluding carboxylic acids is 1. The van der Waals surface area contributed by atoms with Gasteiger partial charge in [0.25, 0.3) is 0 Å². The molecule has 0 bridgehead atoms. The first-order valence-corrected chi connectivity index (χ1v) is 7.98. The van der Waals surface area contributed by atoms with E-state index in [0.29, 0.717) is 19.1 Å². The normalized spacial score (nSPS) is 20.5. The largest absolute Gasteiger partial charge is 0.340 e. The summed E-state index contributed by atoms with van der Waals surface area (Å²) in [4.78, 5) is 17.4. The van der Waals surface area contributed by atoms with Crippen molar-refractivity contribution in [1.82, 2.24) is 9.80 Å². The van der Waals surface area contributed by atoms with E-state index >= 15 is 0 Å². The Morgan fingerprint density at radius 3 is 2.95 bits per heavy atom. The molecule has 0 saturated carbocycles.